The Bertz CT molecular complexity index is 593. The summed E-state index contributed by atoms with van der Waals surface area (Å²) in [6.07, 6.45) is 3.38. The van der Waals surface area contributed by atoms with Crippen molar-refractivity contribution in [2.24, 2.45) is 0 Å². The number of imidazole rings is 1. The van der Waals surface area contributed by atoms with Crippen molar-refractivity contribution in [2.45, 2.75) is 25.4 Å². The van der Waals surface area contributed by atoms with Gasteiger partial charge in [-0.05, 0) is 19.8 Å². The van der Waals surface area contributed by atoms with E-state index in [0.717, 1.165) is 30.7 Å². The van der Waals surface area contributed by atoms with Gasteiger partial charge in [-0.25, -0.2) is 4.98 Å². The van der Waals surface area contributed by atoms with E-state index in [1.54, 1.807) is 13.4 Å². The molecule has 3 rings (SSSR count). The standard InChI is InChI=1S/C12H18N6O/c1-12(19)4-3-5-18(6-12)10-8-9(15-7-14-8)16-11(13-2)17-10/h7,19H,3-6H2,1-2H3,(H2,13,14,15,16,17). The highest BCUT2D eigenvalue weighted by atomic mass is 16.3. The quantitative estimate of drug-likeness (QED) is 0.740. The third-order valence-corrected chi connectivity index (χ3v) is 3.46. The van der Waals surface area contributed by atoms with Gasteiger partial charge in [-0.15, -0.1) is 0 Å². The minimum atomic E-state index is -0.671. The number of nitrogens with one attached hydrogen (secondary N) is 2. The van der Waals surface area contributed by atoms with E-state index < -0.39 is 5.60 Å². The summed E-state index contributed by atoms with van der Waals surface area (Å²) in [5.74, 6) is 1.34. The van der Waals surface area contributed by atoms with Gasteiger partial charge >= 0.3 is 0 Å². The summed E-state index contributed by atoms with van der Waals surface area (Å²) >= 11 is 0. The fraction of sp³-hybridized carbons (Fsp3) is 0.583. The number of anilines is 2. The molecule has 1 saturated heterocycles. The molecule has 3 heterocycles. The molecule has 0 bridgehead atoms. The van der Waals surface area contributed by atoms with Gasteiger partial charge in [0.25, 0.3) is 0 Å². The maximum absolute atomic E-state index is 10.2. The predicted octanol–water partition coefficient (Wildman–Crippen LogP) is 0.746. The second kappa shape index (κ2) is 4.34. The number of aromatic nitrogens is 4. The Labute approximate surface area is 111 Å². The van der Waals surface area contributed by atoms with E-state index >= 15 is 0 Å². The molecule has 3 N–H and O–H groups in total. The van der Waals surface area contributed by atoms with Crippen LogP contribution in [0.3, 0.4) is 0 Å². The summed E-state index contributed by atoms with van der Waals surface area (Å²) in [6.45, 7) is 3.31. The van der Waals surface area contributed by atoms with Crippen LogP contribution in [0.4, 0.5) is 11.8 Å². The lowest BCUT2D eigenvalue weighted by molar-refractivity contribution is 0.0448. The predicted molar refractivity (Wildman–Crippen MR) is 73.3 cm³/mol. The molecule has 2 aromatic heterocycles. The Kier molecular flexibility index (Phi) is 2.78. The van der Waals surface area contributed by atoms with Gasteiger partial charge in [-0.1, -0.05) is 0 Å². The van der Waals surface area contributed by atoms with Crippen molar-refractivity contribution >= 4 is 22.9 Å². The normalized spacial score (nSPS) is 23.8. The second-order valence-corrected chi connectivity index (χ2v) is 5.24. The van der Waals surface area contributed by atoms with Crippen LogP contribution >= 0.6 is 0 Å². The fourth-order valence-electron chi connectivity index (χ4n) is 2.56. The number of aromatic amines is 1. The zero-order valence-corrected chi connectivity index (χ0v) is 11.1. The zero-order chi connectivity index (χ0) is 13.5. The monoisotopic (exact) mass is 262 g/mol. The maximum Gasteiger partial charge on any atom is 0.226 e. The molecule has 0 aromatic carbocycles. The van der Waals surface area contributed by atoms with Crippen LogP contribution < -0.4 is 10.2 Å². The van der Waals surface area contributed by atoms with Crippen molar-refractivity contribution in [1.29, 1.82) is 0 Å². The summed E-state index contributed by atoms with van der Waals surface area (Å²) in [7, 11) is 1.78. The van der Waals surface area contributed by atoms with Crippen molar-refractivity contribution in [3.8, 4) is 0 Å². The van der Waals surface area contributed by atoms with Crippen molar-refractivity contribution in [3.05, 3.63) is 6.33 Å². The lowest BCUT2D eigenvalue weighted by atomic mass is 9.95. The fourth-order valence-corrected chi connectivity index (χ4v) is 2.56. The van der Waals surface area contributed by atoms with E-state index in [0.29, 0.717) is 18.1 Å². The van der Waals surface area contributed by atoms with E-state index in [1.165, 1.54) is 0 Å². The number of H-pyrrole nitrogens is 1. The topological polar surface area (TPSA) is 90.0 Å². The van der Waals surface area contributed by atoms with Gasteiger partial charge in [0.15, 0.2) is 11.5 Å². The minimum Gasteiger partial charge on any atom is -0.388 e. The average Bonchev–Trinajstić information content (AvgIpc) is 2.84. The van der Waals surface area contributed by atoms with Crippen molar-refractivity contribution < 1.29 is 5.11 Å². The van der Waals surface area contributed by atoms with E-state index in [-0.39, 0.29) is 0 Å². The van der Waals surface area contributed by atoms with E-state index in [9.17, 15) is 5.11 Å². The Hall–Kier alpha value is -1.89. The summed E-state index contributed by atoms with van der Waals surface area (Å²) in [6, 6.07) is 0. The maximum atomic E-state index is 10.2. The molecule has 1 aliphatic rings. The van der Waals surface area contributed by atoms with Gasteiger partial charge in [0.1, 0.15) is 5.52 Å². The molecule has 1 atom stereocenters. The number of rotatable bonds is 2. The van der Waals surface area contributed by atoms with Gasteiger partial charge in [-0.3, -0.25) is 0 Å². The van der Waals surface area contributed by atoms with Gasteiger partial charge < -0.3 is 20.3 Å². The third kappa shape index (κ3) is 2.21. The Balaban J connectivity index is 2.05. The summed E-state index contributed by atoms with van der Waals surface area (Å²) < 4.78 is 0. The molecule has 0 radical (unpaired) electrons. The van der Waals surface area contributed by atoms with Gasteiger partial charge in [0.05, 0.1) is 11.9 Å². The second-order valence-electron chi connectivity index (χ2n) is 5.24. The molecule has 0 spiro atoms. The molecule has 0 saturated carbocycles. The molecular weight excluding hydrogens is 244 g/mol. The number of hydrogen-bond acceptors (Lipinski definition) is 6. The first-order valence-corrected chi connectivity index (χ1v) is 6.45. The molecule has 1 unspecified atom stereocenters. The minimum absolute atomic E-state index is 0.541. The van der Waals surface area contributed by atoms with Crippen LogP contribution in [0, 0.1) is 0 Å². The first-order valence-electron chi connectivity index (χ1n) is 6.45. The lowest BCUT2D eigenvalue weighted by Crippen LogP contribution is -2.46. The molecule has 19 heavy (non-hydrogen) atoms. The van der Waals surface area contributed by atoms with Crippen LogP contribution in [0.5, 0.6) is 0 Å². The molecule has 0 amide bonds. The van der Waals surface area contributed by atoms with Gasteiger partial charge in [-0.2, -0.15) is 9.97 Å². The van der Waals surface area contributed by atoms with Gasteiger partial charge in [0, 0.05) is 20.1 Å². The van der Waals surface area contributed by atoms with Crippen LogP contribution in [0.1, 0.15) is 19.8 Å². The van der Waals surface area contributed by atoms with Crippen molar-refractivity contribution in [3.63, 3.8) is 0 Å². The first kappa shape index (κ1) is 12.2. The highest BCUT2D eigenvalue weighted by Crippen LogP contribution is 2.28. The molecule has 0 aliphatic carbocycles. The number of piperidine rings is 1. The van der Waals surface area contributed by atoms with Crippen LogP contribution in [0.15, 0.2) is 6.33 Å². The van der Waals surface area contributed by atoms with Crippen molar-refractivity contribution in [2.75, 3.05) is 30.4 Å². The van der Waals surface area contributed by atoms with Crippen LogP contribution in [-0.4, -0.2) is 50.8 Å². The molecule has 7 nitrogen and oxygen atoms in total. The zero-order valence-electron chi connectivity index (χ0n) is 11.1. The molecule has 102 valence electrons. The molecule has 7 heteroatoms. The lowest BCUT2D eigenvalue weighted by Gasteiger charge is -2.37. The summed E-state index contributed by atoms with van der Waals surface area (Å²) in [5.41, 5.74) is 0.784. The highest BCUT2D eigenvalue weighted by Gasteiger charge is 2.30. The SMILES string of the molecule is CNc1nc(N2CCCC(C)(O)C2)c2[nH]cnc2n1. The highest BCUT2D eigenvalue weighted by molar-refractivity contribution is 5.84. The molecule has 1 fully saturated rings. The van der Waals surface area contributed by atoms with Crippen LogP contribution in [0.25, 0.3) is 11.2 Å². The van der Waals surface area contributed by atoms with Crippen molar-refractivity contribution in [1.82, 2.24) is 19.9 Å². The number of fused-ring (bicyclic) bond motifs is 1. The summed E-state index contributed by atoms with van der Waals surface area (Å²) in [4.78, 5) is 18.1. The Morgan fingerprint density at radius 3 is 3.05 bits per heavy atom. The Morgan fingerprint density at radius 1 is 1.47 bits per heavy atom. The van der Waals surface area contributed by atoms with Crippen LogP contribution in [0.2, 0.25) is 0 Å². The van der Waals surface area contributed by atoms with Gasteiger partial charge in [0.2, 0.25) is 5.95 Å². The van der Waals surface area contributed by atoms with E-state index in [1.807, 2.05) is 6.92 Å². The number of aliphatic hydroxyl groups is 1. The smallest absolute Gasteiger partial charge is 0.226 e. The first-order chi connectivity index (χ1) is 9.09. The number of β-amino-alcohol motifs (C(OH)–C–C–N with tert-alkyl or cyclic N) is 1. The number of nitrogens with zero attached hydrogens (tertiary/aromatic N) is 4. The van der Waals surface area contributed by atoms with E-state index in [4.69, 9.17) is 0 Å². The number of hydrogen-bond donors (Lipinski definition) is 3. The molecular formula is C12H18N6O. The molecule has 2 aromatic rings. The Morgan fingerprint density at radius 2 is 2.32 bits per heavy atom. The average molecular weight is 262 g/mol. The third-order valence-electron chi connectivity index (χ3n) is 3.46. The molecule has 1 aliphatic heterocycles. The summed E-state index contributed by atoms with van der Waals surface area (Å²) in [5, 5.41) is 13.2. The largest absolute Gasteiger partial charge is 0.388 e. The van der Waals surface area contributed by atoms with E-state index in [2.05, 4.69) is 30.2 Å². The van der Waals surface area contributed by atoms with Crippen LogP contribution in [-0.2, 0) is 0 Å².